The number of anilines is 1. The summed E-state index contributed by atoms with van der Waals surface area (Å²) in [6, 6.07) is 17.5. The predicted octanol–water partition coefficient (Wildman–Crippen LogP) is 5.11. The minimum Gasteiger partial charge on any atom is -0.348 e. The average molecular weight is 469 g/mol. The smallest absolute Gasteiger partial charge is 0.254 e. The molecule has 0 spiro atoms. The van der Waals surface area contributed by atoms with Crippen LogP contribution >= 0.6 is 27.3 Å². The zero-order valence-electron chi connectivity index (χ0n) is 15.8. The summed E-state index contributed by atoms with van der Waals surface area (Å²) in [5, 5.41) is 6.67. The van der Waals surface area contributed by atoms with Crippen LogP contribution in [0.25, 0.3) is 0 Å². The van der Waals surface area contributed by atoms with Crippen molar-refractivity contribution in [2.24, 2.45) is 0 Å². The van der Waals surface area contributed by atoms with Crippen molar-refractivity contribution in [2.45, 2.75) is 32.2 Å². The number of hydrogen-bond donors (Lipinski definition) is 2. The maximum Gasteiger partial charge on any atom is 0.254 e. The molecule has 2 N–H and O–H groups in total. The Morgan fingerprint density at radius 2 is 1.72 bits per heavy atom. The van der Waals surface area contributed by atoms with E-state index in [1.165, 1.54) is 16.2 Å². The molecule has 1 aromatic heterocycles. The molecule has 0 aliphatic heterocycles. The van der Waals surface area contributed by atoms with Crippen molar-refractivity contribution in [3.63, 3.8) is 0 Å². The van der Waals surface area contributed by atoms with Crippen molar-refractivity contribution in [3.05, 3.63) is 86.2 Å². The maximum atomic E-state index is 13.0. The summed E-state index contributed by atoms with van der Waals surface area (Å²) in [6.45, 7) is 0.469. The molecule has 1 aliphatic rings. The Labute approximate surface area is 182 Å². The summed E-state index contributed by atoms with van der Waals surface area (Å²) in [4.78, 5) is 26.8. The number of fused-ring (bicyclic) bond motifs is 1. The number of aryl methyl sites for hydroxylation is 1. The number of rotatable bonds is 6. The first-order valence-electron chi connectivity index (χ1n) is 9.61. The van der Waals surface area contributed by atoms with Gasteiger partial charge in [0.25, 0.3) is 5.91 Å². The third-order valence-corrected chi connectivity index (χ3v) is 6.71. The first kappa shape index (κ1) is 19.9. The number of hydrogen-bond acceptors (Lipinski definition) is 3. The van der Waals surface area contributed by atoms with Crippen molar-refractivity contribution in [3.8, 4) is 0 Å². The quantitative estimate of drug-likeness (QED) is 0.527. The Morgan fingerprint density at radius 3 is 2.48 bits per heavy atom. The van der Waals surface area contributed by atoms with E-state index in [4.69, 9.17) is 0 Å². The Bertz CT molecular complexity index is 1030. The molecule has 1 heterocycles. The van der Waals surface area contributed by atoms with Gasteiger partial charge in [0.15, 0.2) is 0 Å². The van der Waals surface area contributed by atoms with Gasteiger partial charge in [0.05, 0.1) is 12.0 Å². The fourth-order valence-corrected chi connectivity index (χ4v) is 5.12. The molecule has 6 heteroatoms. The fourth-order valence-electron chi connectivity index (χ4n) is 3.56. The average Bonchev–Trinajstić information content (AvgIpc) is 3.29. The lowest BCUT2D eigenvalue weighted by Crippen LogP contribution is -2.25. The van der Waals surface area contributed by atoms with Gasteiger partial charge in [-0.2, -0.15) is 0 Å². The fraction of sp³-hybridized carbons (Fsp3) is 0.217. The van der Waals surface area contributed by atoms with E-state index in [1.807, 2.05) is 54.6 Å². The highest BCUT2D eigenvalue weighted by atomic mass is 79.9. The lowest BCUT2D eigenvalue weighted by atomic mass is 10.1. The van der Waals surface area contributed by atoms with Gasteiger partial charge in [0, 0.05) is 15.9 Å². The largest absolute Gasteiger partial charge is 0.348 e. The van der Waals surface area contributed by atoms with Crippen LogP contribution in [0, 0.1) is 0 Å². The van der Waals surface area contributed by atoms with Crippen molar-refractivity contribution in [1.29, 1.82) is 0 Å². The summed E-state index contributed by atoms with van der Waals surface area (Å²) in [7, 11) is 0. The summed E-state index contributed by atoms with van der Waals surface area (Å²) in [5.74, 6) is -0.225. The van der Waals surface area contributed by atoms with Crippen LogP contribution in [0.1, 0.15) is 38.3 Å². The monoisotopic (exact) mass is 468 g/mol. The molecule has 3 aromatic rings. The molecule has 0 radical (unpaired) electrons. The number of carbonyl (C=O) groups is 2. The molecule has 0 fully saturated rings. The third-order valence-electron chi connectivity index (χ3n) is 4.98. The van der Waals surface area contributed by atoms with E-state index < -0.39 is 0 Å². The molecule has 0 bridgehead atoms. The Balaban J connectivity index is 1.49. The molecule has 0 saturated heterocycles. The van der Waals surface area contributed by atoms with Crippen molar-refractivity contribution in [1.82, 2.24) is 5.32 Å². The van der Waals surface area contributed by atoms with Gasteiger partial charge in [0.1, 0.15) is 5.00 Å². The molecule has 29 heavy (non-hydrogen) atoms. The minimum absolute atomic E-state index is 0.107. The van der Waals surface area contributed by atoms with Crippen molar-refractivity contribution < 1.29 is 9.59 Å². The number of amides is 2. The van der Waals surface area contributed by atoms with Crippen LogP contribution in [0.3, 0.4) is 0 Å². The van der Waals surface area contributed by atoms with Crippen LogP contribution in [-0.2, 0) is 30.6 Å². The van der Waals surface area contributed by atoms with Crippen LogP contribution in [0.2, 0.25) is 0 Å². The van der Waals surface area contributed by atoms with Gasteiger partial charge < -0.3 is 10.6 Å². The van der Waals surface area contributed by atoms with E-state index in [2.05, 4.69) is 26.6 Å². The number of benzene rings is 2. The number of halogens is 1. The summed E-state index contributed by atoms with van der Waals surface area (Å²) >= 11 is 4.94. The zero-order chi connectivity index (χ0) is 20.2. The Kier molecular flexibility index (Phi) is 6.11. The second kappa shape index (κ2) is 8.93. The highest BCUT2D eigenvalue weighted by Gasteiger charge is 2.27. The molecule has 1 aliphatic carbocycles. The third kappa shape index (κ3) is 4.77. The van der Waals surface area contributed by atoms with Crippen LogP contribution in [0.5, 0.6) is 0 Å². The second-order valence-corrected chi connectivity index (χ2v) is 9.10. The van der Waals surface area contributed by atoms with Crippen LogP contribution in [-0.4, -0.2) is 11.8 Å². The highest BCUT2D eigenvalue weighted by Crippen LogP contribution is 2.39. The van der Waals surface area contributed by atoms with E-state index >= 15 is 0 Å². The molecule has 4 nitrogen and oxygen atoms in total. The van der Waals surface area contributed by atoms with Crippen LogP contribution in [0.4, 0.5) is 5.00 Å². The second-order valence-electron chi connectivity index (χ2n) is 7.08. The standard InChI is InChI=1S/C23H21BrN2O2S/c24-17-11-9-15(10-12-17)13-20(27)26-23-21(18-7-4-8-19(18)29-23)22(28)25-14-16-5-2-1-3-6-16/h1-3,5-6,9-12H,4,7-8,13-14H2,(H,25,28)(H,26,27). The van der Waals surface area contributed by atoms with Crippen molar-refractivity contribution in [2.75, 3.05) is 5.32 Å². The Morgan fingerprint density at radius 1 is 0.966 bits per heavy atom. The van der Waals surface area contributed by atoms with E-state index in [9.17, 15) is 9.59 Å². The Hall–Kier alpha value is -2.44. The first-order valence-corrected chi connectivity index (χ1v) is 11.2. The van der Waals surface area contributed by atoms with Gasteiger partial charge in [0.2, 0.25) is 5.91 Å². The SMILES string of the molecule is O=C(Cc1ccc(Br)cc1)Nc1sc2c(c1C(=O)NCc1ccccc1)CCC2. The van der Waals surface area contributed by atoms with E-state index in [1.54, 1.807) is 0 Å². The van der Waals surface area contributed by atoms with E-state index in [0.717, 1.165) is 40.4 Å². The highest BCUT2D eigenvalue weighted by molar-refractivity contribution is 9.10. The number of carbonyl (C=O) groups excluding carboxylic acids is 2. The van der Waals surface area contributed by atoms with Gasteiger partial charge in [-0.3, -0.25) is 9.59 Å². The van der Waals surface area contributed by atoms with Crippen LogP contribution in [0.15, 0.2) is 59.1 Å². The summed E-state index contributed by atoms with van der Waals surface area (Å²) in [6.07, 6.45) is 3.21. The minimum atomic E-state index is -0.118. The molecular weight excluding hydrogens is 448 g/mol. The van der Waals surface area contributed by atoms with E-state index in [0.29, 0.717) is 17.1 Å². The van der Waals surface area contributed by atoms with Gasteiger partial charge in [-0.05, 0) is 48.1 Å². The number of nitrogens with one attached hydrogen (secondary N) is 2. The van der Waals surface area contributed by atoms with Gasteiger partial charge in [-0.15, -0.1) is 11.3 Å². The van der Waals surface area contributed by atoms with Gasteiger partial charge in [-0.25, -0.2) is 0 Å². The number of thiophene rings is 1. The molecule has 0 unspecified atom stereocenters. The lowest BCUT2D eigenvalue weighted by Gasteiger charge is -2.10. The predicted molar refractivity (Wildman–Crippen MR) is 120 cm³/mol. The molecular formula is C23H21BrN2O2S. The maximum absolute atomic E-state index is 13.0. The van der Waals surface area contributed by atoms with Gasteiger partial charge >= 0.3 is 0 Å². The normalized spacial score (nSPS) is 12.4. The zero-order valence-corrected chi connectivity index (χ0v) is 18.2. The first-order chi connectivity index (χ1) is 14.1. The molecule has 0 atom stereocenters. The van der Waals surface area contributed by atoms with E-state index in [-0.39, 0.29) is 18.2 Å². The summed E-state index contributed by atoms with van der Waals surface area (Å²) < 4.78 is 0.980. The molecule has 2 aromatic carbocycles. The molecule has 0 saturated carbocycles. The molecule has 2 amide bonds. The molecule has 4 rings (SSSR count). The molecule has 148 valence electrons. The van der Waals surface area contributed by atoms with Crippen LogP contribution < -0.4 is 10.6 Å². The lowest BCUT2D eigenvalue weighted by molar-refractivity contribution is -0.115. The van der Waals surface area contributed by atoms with Gasteiger partial charge in [-0.1, -0.05) is 58.4 Å². The topological polar surface area (TPSA) is 58.2 Å². The summed E-state index contributed by atoms with van der Waals surface area (Å²) in [5.41, 5.74) is 3.72. The van der Waals surface area contributed by atoms with Crippen molar-refractivity contribution >= 4 is 44.1 Å².